The van der Waals surface area contributed by atoms with E-state index in [1.807, 2.05) is 6.07 Å². The predicted octanol–water partition coefficient (Wildman–Crippen LogP) is 4.46. The third-order valence-electron chi connectivity index (χ3n) is 4.48. The van der Waals surface area contributed by atoms with Crippen LogP contribution >= 0.6 is 0 Å². The molecule has 3 unspecified atom stereocenters. The highest BCUT2D eigenvalue weighted by atomic mass is 16.7. The molecule has 0 aliphatic carbocycles. The Hall–Kier alpha value is -1.39. The van der Waals surface area contributed by atoms with Crippen LogP contribution in [-0.4, -0.2) is 29.6 Å². The highest BCUT2D eigenvalue weighted by Crippen LogP contribution is 2.31. The number of esters is 1. The van der Waals surface area contributed by atoms with Crippen molar-refractivity contribution in [1.82, 2.24) is 0 Å². The molecular formula is C20H30O4. The largest absolute Gasteiger partial charge is 0.429 e. The van der Waals surface area contributed by atoms with Crippen LogP contribution in [0.4, 0.5) is 0 Å². The maximum Gasteiger partial charge on any atom is 0.340 e. The predicted molar refractivity (Wildman–Crippen MR) is 93.8 cm³/mol. The van der Waals surface area contributed by atoms with Crippen LogP contribution in [0.5, 0.6) is 0 Å². The Bertz CT molecular complexity index is 474. The summed E-state index contributed by atoms with van der Waals surface area (Å²) < 4.78 is 10.5. The van der Waals surface area contributed by atoms with Gasteiger partial charge < -0.3 is 14.6 Å². The first kappa shape index (κ1) is 18.9. The van der Waals surface area contributed by atoms with Gasteiger partial charge in [0.15, 0.2) is 0 Å². The van der Waals surface area contributed by atoms with Gasteiger partial charge in [-0.1, -0.05) is 76.5 Å². The molecule has 0 amide bonds. The number of ether oxygens (including phenoxy) is 2. The lowest BCUT2D eigenvalue weighted by atomic mass is 10.1. The van der Waals surface area contributed by atoms with Gasteiger partial charge in [-0.25, -0.2) is 4.79 Å². The molecule has 2 rings (SSSR count). The lowest BCUT2D eigenvalue weighted by molar-refractivity contribution is -0.0779. The molecule has 4 nitrogen and oxygen atoms in total. The minimum Gasteiger partial charge on any atom is -0.429 e. The van der Waals surface area contributed by atoms with Gasteiger partial charge in [0, 0.05) is 0 Å². The topological polar surface area (TPSA) is 59.1 Å². The number of unbranched alkanes of at least 4 members (excludes halogenated alkanes) is 7. The standard InChI is InChI=1S/C20H30O4/c1-2-3-4-5-6-7-8-12-15-17-18(23-17)20(22)24-19(21)16-13-10-9-11-14-16/h9-11,13-14,17-18,20,22H,2-8,12,15H2,1H3. The molecule has 4 heteroatoms. The molecule has 1 fully saturated rings. The Morgan fingerprint density at radius 3 is 2.38 bits per heavy atom. The lowest BCUT2D eigenvalue weighted by Crippen LogP contribution is -2.24. The lowest BCUT2D eigenvalue weighted by Gasteiger charge is -2.09. The molecule has 1 aromatic carbocycles. The molecule has 0 spiro atoms. The third kappa shape index (κ3) is 6.62. The minimum atomic E-state index is -1.17. The highest BCUT2D eigenvalue weighted by Gasteiger charge is 2.45. The molecule has 0 bridgehead atoms. The number of benzene rings is 1. The Kier molecular flexibility index (Phi) is 8.26. The minimum absolute atomic E-state index is 0.0312. The molecule has 1 aliphatic heterocycles. The normalized spacial score (nSPS) is 20.6. The summed E-state index contributed by atoms with van der Waals surface area (Å²) in [6.07, 6.45) is 9.65. The van der Waals surface area contributed by atoms with Crippen LogP contribution in [0.15, 0.2) is 30.3 Å². The molecule has 3 atom stereocenters. The number of aliphatic hydroxyl groups is 1. The van der Waals surface area contributed by atoms with Crippen molar-refractivity contribution < 1.29 is 19.4 Å². The Labute approximate surface area is 145 Å². The molecule has 24 heavy (non-hydrogen) atoms. The smallest absolute Gasteiger partial charge is 0.340 e. The van der Waals surface area contributed by atoms with Gasteiger partial charge in [-0.2, -0.15) is 0 Å². The first-order valence-corrected chi connectivity index (χ1v) is 9.32. The van der Waals surface area contributed by atoms with Gasteiger partial charge in [0.2, 0.25) is 6.29 Å². The fourth-order valence-electron chi connectivity index (χ4n) is 2.94. The second kappa shape index (κ2) is 10.5. The van der Waals surface area contributed by atoms with E-state index >= 15 is 0 Å². The van der Waals surface area contributed by atoms with Crippen molar-refractivity contribution in [2.24, 2.45) is 0 Å². The van der Waals surface area contributed by atoms with Gasteiger partial charge in [0.1, 0.15) is 6.10 Å². The molecular weight excluding hydrogens is 304 g/mol. The van der Waals surface area contributed by atoms with E-state index in [0.29, 0.717) is 5.56 Å². The van der Waals surface area contributed by atoms with Crippen LogP contribution in [0, 0.1) is 0 Å². The zero-order valence-electron chi connectivity index (χ0n) is 14.7. The maximum atomic E-state index is 11.9. The molecule has 0 saturated carbocycles. The summed E-state index contributed by atoms with van der Waals surface area (Å²) in [5.74, 6) is -0.510. The van der Waals surface area contributed by atoms with Gasteiger partial charge in [-0.3, -0.25) is 0 Å². The molecule has 134 valence electrons. The quantitative estimate of drug-likeness (QED) is 0.265. The van der Waals surface area contributed by atoms with Crippen LogP contribution in [0.3, 0.4) is 0 Å². The number of carbonyl (C=O) groups is 1. The van der Waals surface area contributed by atoms with Gasteiger partial charge >= 0.3 is 5.97 Å². The molecule has 1 N–H and O–H groups in total. The zero-order valence-corrected chi connectivity index (χ0v) is 14.7. The van der Waals surface area contributed by atoms with Crippen LogP contribution in [0.1, 0.15) is 75.1 Å². The number of hydrogen-bond donors (Lipinski definition) is 1. The molecule has 0 aromatic heterocycles. The van der Waals surface area contributed by atoms with Crippen LogP contribution in [-0.2, 0) is 9.47 Å². The van der Waals surface area contributed by atoms with Gasteiger partial charge in [-0.05, 0) is 18.6 Å². The SMILES string of the molecule is CCCCCCCCCCC1OC1C(O)OC(=O)c1ccccc1. The van der Waals surface area contributed by atoms with Crippen LogP contribution < -0.4 is 0 Å². The number of rotatable bonds is 12. The Morgan fingerprint density at radius 1 is 1.08 bits per heavy atom. The number of aliphatic hydroxyl groups excluding tert-OH is 1. The van der Waals surface area contributed by atoms with Crippen molar-refractivity contribution in [3.63, 3.8) is 0 Å². The average molecular weight is 334 g/mol. The highest BCUT2D eigenvalue weighted by molar-refractivity contribution is 5.89. The summed E-state index contributed by atoms with van der Waals surface area (Å²) >= 11 is 0. The monoisotopic (exact) mass is 334 g/mol. The van der Waals surface area contributed by atoms with E-state index in [4.69, 9.17) is 9.47 Å². The fraction of sp³-hybridized carbons (Fsp3) is 0.650. The van der Waals surface area contributed by atoms with Gasteiger partial charge in [-0.15, -0.1) is 0 Å². The zero-order chi connectivity index (χ0) is 17.2. The van der Waals surface area contributed by atoms with Crippen molar-refractivity contribution in [2.75, 3.05) is 0 Å². The van der Waals surface area contributed by atoms with Crippen molar-refractivity contribution in [1.29, 1.82) is 0 Å². The van der Waals surface area contributed by atoms with Crippen molar-refractivity contribution in [3.8, 4) is 0 Å². The second-order valence-corrected chi connectivity index (χ2v) is 6.56. The summed E-state index contributed by atoms with van der Waals surface area (Å²) in [7, 11) is 0. The van der Waals surface area contributed by atoms with E-state index in [1.165, 1.54) is 44.9 Å². The van der Waals surface area contributed by atoms with E-state index in [0.717, 1.165) is 12.8 Å². The molecule has 1 heterocycles. The number of hydrogen-bond acceptors (Lipinski definition) is 4. The maximum absolute atomic E-state index is 11.9. The molecule has 1 saturated heterocycles. The third-order valence-corrected chi connectivity index (χ3v) is 4.48. The summed E-state index contributed by atoms with van der Waals surface area (Å²) in [4.78, 5) is 11.9. The van der Waals surface area contributed by atoms with E-state index < -0.39 is 12.3 Å². The fourth-order valence-corrected chi connectivity index (χ4v) is 2.94. The van der Waals surface area contributed by atoms with E-state index in [1.54, 1.807) is 24.3 Å². The second-order valence-electron chi connectivity index (χ2n) is 6.56. The van der Waals surface area contributed by atoms with Crippen molar-refractivity contribution in [2.45, 2.75) is 83.2 Å². The Balaban J connectivity index is 1.52. The summed E-state index contributed by atoms with van der Waals surface area (Å²) in [5, 5.41) is 9.95. The van der Waals surface area contributed by atoms with Crippen molar-refractivity contribution >= 4 is 5.97 Å². The van der Waals surface area contributed by atoms with Gasteiger partial charge in [0.05, 0.1) is 11.7 Å². The summed E-state index contributed by atoms with van der Waals surface area (Å²) in [6.45, 7) is 2.23. The average Bonchev–Trinajstić information content (AvgIpc) is 3.38. The molecule has 0 radical (unpaired) electrons. The first-order valence-electron chi connectivity index (χ1n) is 9.32. The van der Waals surface area contributed by atoms with Gasteiger partial charge in [0.25, 0.3) is 0 Å². The van der Waals surface area contributed by atoms with E-state index in [9.17, 15) is 9.90 Å². The van der Waals surface area contributed by atoms with Crippen molar-refractivity contribution in [3.05, 3.63) is 35.9 Å². The number of carbonyl (C=O) groups excluding carboxylic acids is 1. The number of epoxide rings is 1. The van der Waals surface area contributed by atoms with Crippen LogP contribution in [0.2, 0.25) is 0 Å². The van der Waals surface area contributed by atoms with E-state index in [-0.39, 0.29) is 12.2 Å². The summed E-state index contributed by atoms with van der Waals surface area (Å²) in [5.41, 5.74) is 0.442. The first-order chi connectivity index (χ1) is 11.7. The van der Waals surface area contributed by atoms with E-state index in [2.05, 4.69) is 6.92 Å². The molecule has 1 aliphatic rings. The molecule has 1 aromatic rings. The Morgan fingerprint density at radius 2 is 1.71 bits per heavy atom. The van der Waals surface area contributed by atoms with Crippen LogP contribution in [0.25, 0.3) is 0 Å². The summed E-state index contributed by atoms with van der Waals surface area (Å²) in [6, 6.07) is 8.70.